The molecular weight excluding hydrogens is 287 g/mol. The van der Waals surface area contributed by atoms with Gasteiger partial charge in [0.15, 0.2) is 5.75 Å². The van der Waals surface area contributed by atoms with Crippen LogP contribution in [0, 0.1) is 10.1 Å². The fourth-order valence-corrected chi connectivity index (χ4v) is 3.29. The van der Waals surface area contributed by atoms with Crippen LogP contribution in [0.15, 0.2) is 12.1 Å². The molecule has 1 aromatic rings. The molecule has 0 amide bonds. The van der Waals surface area contributed by atoms with E-state index in [0.29, 0.717) is 6.42 Å². The first kappa shape index (κ1) is 16.4. The molecular formula is C11H16N2O6P-. The molecule has 0 aliphatic heterocycles. The van der Waals surface area contributed by atoms with Crippen molar-refractivity contribution in [2.75, 3.05) is 19.8 Å². The second-order valence-corrected chi connectivity index (χ2v) is 6.65. The van der Waals surface area contributed by atoms with Gasteiger partial charge in [0, 0.05) is 19.6 Å². The molecule has 0 radical (unpaired) electrons. The Morgan fingerprint density at radius 3 is 2.65 bits per heavy atom. The Balaban J connectivity index is 3.10. The number of nitro groups is 1. The van der Waals surface area contributed by atoms with Crippen molar-refractivity contribution in [3.05, 3.63) is 27.8 Å². The molecule has 20 heavy (non-hydrogen) atoms. The van der Waals surface area contributed by atoms with Crippen LogP contribution in [0.25, 0.3) is 0 Å². The van der Waals surface area contributed by atoms with Crippen molar-refractivity contribution in [1.29, 1.82) is 0 Å². The fourth-order valence-electron chi connectivity index (χ4n) is 1.72. The highest BCUT2D eigenvalue weighted by molar-refractivity contribution is 7.55. The summed E-state index contributed by atoms with van der Waals surface area (Å²) < 4.78 is 16.6. The smallest absolute Gasteiger partial charge is 0.314 e. The molecule has 0 aliphatic rings. The lowest BCUT2D eigenvalue weighted by Crippen LogP contribution is -2.11. The average molecular weight is 303 g/mol. The van der Waals surface area contributed by atoms with E-state index in [2.05, 4.69) is 0 Å². The number of phenols is 1. The van der Waals surface area contributed by atoms with E-state index in [1.807, 2.05) is 0 Å². The zero-order valence-corrected chi connectivity index (χ0v) is 11.8. The van der Waals surface area contributed by atoms with Crippen LogP contribution in [0.4, 0.5) is 5.69 Å². The Bertz CT molecular complexity index is 548. The Morgan fingerprint density at radius 2 is 2.15 bits per heavy atom. The number of phenolic OH excluding ortho intramolecular Hbond substituents is 1. The quantitative estimate of drug-likeness (QED) is 0.431. The fraction of sp³-hybridized carbons (Fsp3) is 0.455. The zero-order chi connectivity index (χ0) is 15.3. The van der Waals surface area contributed by atoms with Crippen LogP contribution in [0.3, 0.4) is 0 Å². The predicted molar refractivity (Wildman–Crippen MR) is 71.2 cm³/mol. The molecule has 0 aliphatic carbocycles. The molecule has 9 heteroatoms. The molecule has 1 aromatic carbocycles. The molecule has 0 fully saturated rings. The van der Waals surface area contributed by atoms with Crippen molar-refractivity contribution in [1.82, 2.24) is 0 Å². The number of rotatable bonds is 7. The molecule has 3 N–H and O–H groups in total. The molecule has 1 unspecified atom stereocenters. The molecule has 1 rings (SSSR count). The Morgan fingerprint density at radius 1 is 1.50 bits per heavy atom. The number of aromatic hydroxyl groups is 1. The van der Waals surface area contributed by atoms with E-state index < -0.39 is 23.7 Å². The summed E-state index contributed by atoms with van der Waals surface area (Å²) in [6.45, 7) is 0.255. The normalized spacial score (nSPS) is 13.8. The van der Waals surface area contributed by atoms with Crippen molar-refractivity contribution in [2.45, 2.75) is 12.6 Å². The van der Waals surface area contributed by atoms with Gasteiger partial charge in [0.1, 0.15) is 0 Å². The van der Waals surface area contributed by atoms with Gasteiger partial charge in [-0.1, -0.05) is 0 Å². The summed E-state index contributed by atoms with van der Waals surface area (Å²) >= 11 is 0. The Hall–Kier alpha value is -1.63. The van der Waals surface area contributed by atoms with Gasteiger partial charge < -0.3 is 25.0 Å². The lowest BCUT2D eigenvalue weighted by Gasteiger charge is -2.23. The van der Waals surface area contributed by atoms with Gasteiger partial charge >= 0.3 is 5.69 Å². The van der Waals surface area contributed by atoms with Gasteiger partial charge in [-0.15, -0.1) is 0 Å². The van der Waals surface area contributed by atoms with Crippen LogP contribution in [-0.2, 0) is 10.7 Å². The van der Waals surface area contributed by atoms with E-state index in [1.165, 1.54) is 13.2 Å². The summed E-state index contributed by atoms with van der Waals surface area (Å²) in [6, 6.07) is 2.31. The van der Waals surface area contributed by atoms with E-state index in [1.54, 1.807) is 0 Å². The van der Waals surface area contributed by atoms with Crippen molar-refractivity contribution >= 4 is 13.1 Å². The van der Waals surface area contributed by atoms with Gasteiger partial charge in [0.2, 0.25) is 5.75 Å². The van der Waals surface area contributed by atoms with Gasteiger partial charge in [0.25, 0.3) is 0 Å². The molecule has 112 valence electrons. The van der Waals surface area contributed by atoms with Crippen molar-refractivity contribution in [3.63, 3.8) is 0 Å². The van der Waals surface area contributed by atoms with Crippen LogP contribution in [0.2, 0.25) is 0 Å². The summed E-state index contributed by atoms with van der Waals surface area (Å²) in [4.78, 5) is 21.8. The first-order valence-corrected chi connectivity index (χ1v) is 7.83. The molecule has 0 spiro atoms. The summed E-state index contributed by atoms with van der Waals surface area (Å²) in [6.07, 6.45) is -0.0803. The van der Waals surface area contributed by atoms with Crippen molar-refractivity contribution in [2.24, 2.45) is 5.73 Å². The molecule has 0 saturated carbocycles. The van der Waals surface area contributed by atoms with E-state index in [0.717, 1.165) is 6.07 Å². The van der Waals surface area contributed by atoms with Crippen molar-refractivity contribution < 1.29 is 24.2 Å². The van der Waals surface area contributed by atoms with Gasteiger partial charge in [-0.2, -0.15) is 0 Å². The number of hydrogen-bond acceptors (Lipinski definition) is 7. The lowest BCUT2D eigenvalue weighted by molar-refractivity contribution is -0.386. The topological polar surface area (TPSA) is 139 Å². The standard InChI is InChI=1S/C11H17N2O6P/c1-19-10-6-8(5-9(11(10)14)13(15)16)7-20(17,18)4-2-3-12/h5-6,14H,2-4,7,12H2,1H3,(H,17,18)/p-1. The molecule has 0 aromatic heterocycles. The second-order valence-electron chi connectivity index (χ2n) is 4.26. The highest BCUT2D eigenvalue weighted by Gasteiger charge is 2.21. The minimum absolute atomic E-state index is 0.0690. The van der Waals surface area contributed by atoms with E-state index >= 15 is 0 Å². The second kappa shape index (κ2) is 6.69. The van der Waals surface area contributed by atoms with Gasteiger partial charge in [-0.3, -0.25) is 10.1 Å². The van der Waals surface area contributed by atoms with Crippen LogP contribution in [-0.4, -0.2) is 29.8 Å². The zero-order valence-electron chi connectivity index (χ0n) is 10.9. The maximum Gasteiger partial charge on any atom is 0.314 e. The number of benzene rings is 1. The number of nitrogens with zero attached hydrogens (tertiary/aromatic N) is 1. The Kier molecular flexibility index (Phi) is 5.50. The van der Waals surface area contributed by atoms with Crippen molar-refractivity contribution in [3.8, 4) is 11.5 Å². The van der Waals surface area contributed by atoms with E-state index in [9.17, 15) is 24.7 Å². The molecule has 0 saturated heterocycles. The largest absolute Gasteiger partial charge is 0.799 e. The number of ether oxygens (including phenoxy) is 1. The van der Waals surface area contributed by atoms with E-state index in [-0.39, 0.29) is 30.2 Å². The minimum atomic E-state index is -3.72. The third-order valence-electron chi connectivity index (χ3n) is 2.66. The number of nitrogens with two attached hydrogens (primary N) is 1. The lowest BCUT2D eigenvalue weighted by atomic mass is 10.2. The van der Waals surface area contributed by atoms with Crippen LogP contribution >= 0.6 is 7.37 Å². The maximum absolute atomic E-state index is 11.8. The van der Waals surface area contributed by atoms with Gasteiger partial charge in [-0.25, -0.2) is 0 Å². The van der Waals surface area contributed by atoms with Crippen LogP contribution in [0.1, 0.15) is 12.0 Å². The number of methoxy groups -OCH3 is 1. The average Bonchev–Trinajstić information content (AvgIpc) is 2.37. The first-order valence-electron chi connectivity index (χ1n) is 5.84. The van der Waals surface area contributed by atoms with E-state index in [4.69, 9.17) is 10.5 Å². The molecule has 0 heterocycles. The highest BCUT2D eigenvalue weighted by atomic mass is 31.2. The summed E-state index contributed by atoms with van der Waals surface area (Å²) in [5, 5.41) is 20.4. The van der Waals surface area contributed by atoms with Gasteiger partial charge in [-0.05, 0) is 30.8 Å². The third kappa shape index (κ3) is 4.19. The number of hydrogen-bond donors (Lipinski definition) is 2. The summed E-state index contributed by atoms with van der Waals surface area (Å²) in [7, 11) is -2.49. The minimum Gasteiger partial charge on any atom is -0.799 e. The first-order chi connectivity index (χ1) is 9.30. The molecule has 0 bridgehead atoms. The van der Waals surface area contributed by atoms with Gasteiger partial charge in [0.05, 0.1) is 12.0 Å². The predicted octanol–water partition coefficient (Wildman–Crippen LogP) is 0.796. The summed E-state index contributed by atoms with van der Waals surface area (Å²) in [5.74, 6) is -0.753. The summed E-state index contributed by atoms with van der Waals surface area (Å²) in [5.41, 5.74) is 4.87. The molecule has 8 nitrogen and oxygen atoms in total. The third-order valence-corrected chi connectivity index (χ3v) is 4.50. The molecule has 1 atom stereocenters. The number of nitro benzene ring substituents is 1. The van der Waals surface area contributed by atoms with Crippen LogP contribution < -0.4 is 15.4 Å². The SMILES string of the molecule is COc1cc(CP(=O)([O-])CCCN)cc([N+](=O)[O-])c1O. The monoisotopic (exact) mass is 303 g/mol. The Labute approximate surface area is 115 Å². The highest BCUT2D eigenvalue weighted by Crippen LogP contribution is 2.44. The maximum atomic E-state index is 11.8. The van der Waals surface area contributed by atoms with Crippen LogP contribution in [0.5, 0.6) is 11.5 Å².